The molecular weight excluding hydrogens is 250 g/mol. The fraction of sp³-hybridized carbons (Fsp3) is 0.929. The van der Waals surface area contributed by atoms with E-state index in [2.05, 4.69) is 5.32 Å². The van der Waals surface area contributed by atoms with Crippen LogP contribution >= 0.6 is 12.4 Å². The van der Waals surface area contributed by atoms with Crippen molar-refractivity contribution in [2.75, 3.05) is 0 Å². The van der Waals surface area contributed by atoms with Crippen molar-refractivity contribution >= 4 is 18.4 Å². The number of nitrogens with one attached hydrogen (secondary N) is 1. The summed E-state index contributed by atoms with van der Waals surface area (Å²) in [6.45, 7) is 5.79. The molecule has 2 rings (SSSR count). The zero-order valence-corrected chi connectivity index (χ0v) is 12.5. The molecule has 4 heteroatoms. The van der Waals surface area contributed by atoms with E-state index in [0.29, 0.717) is 12.0 Å². The highest BCUT2D eigenvalue weighted by molar-refractivity contribution is 5.85. The van der Waals surface area contributed by atoms with Gasteiger partial charge in [-0.05, 0) is 46.0 Å². The van der Waals surface area contributed by atoms with Gasteiger partial charge >= 0.3 is 5.97 Å². The number of carbonyl (C=O) groups is 1. The lowest BCUT2D eigenvalue weighted by atomic mass is 9.94. The first-order chi connectivity index (χ1) is 7.96. The molecule has 0 unspecified atom stereocenters. The maximum absolute atomic E-state index is 12.0. The number of rotatable bonds is 1. The number of esters is 1. The molecule has 0 radical (unpaired) electrons. The first-order valence-corrected chi connectivity index (χ1v) is 6.94. The van der Waals surface area contributed by atoms with Crippen molar-refractivity contribution < 1.29 is 9.53 Å². The van der Waals surface area contributed by atoms with Gasteiger partial charge in [0.05, 0.1) is 0 Å². The molecule has 2 fully saturated rings. The summed E-state index contributed by atoms with van der Waals surface area (Å²) in [5.41, 5.74) is -0.372. The van der Waals surface area contributed by atoms with E-state index in [4.69, 9.17) is 4.74 Å². The Morgan fingerprint density at radius 2 is 1.83 bits per heavy atom. The van der Waals surface area contributed by atoms with Crippen molar-refractivity contribution in [1.82, 2.24) is 5.32 Å². The summed E-state index contributed by atoms with van der Waals surface area (Å²) < 4.78 is 5.46. The van der Waals surface area contributed by atoms with Gasteiger partial charge in [-0.25, -0.2) is 0 Å². The minimum absolute atomic E-state index is 0. The van der Waals surface area contributed by atoms with E-state index < -0.39 is 0 Å². The summed E-state index contributed by atoms with van der Waals surface area (Å²) in [6, 6.07) is 0.484. The van der Waals surface area contributed by atoms with Crippen LogP contribution in [0.1, 0.15) is 59.3 Å². The zero-order chi connectivity index (χ0) is 12.5. The molecule has 106 valence electrons. The molecule has 18 heavy (non-hydrogen) atoms. The maximum Gasteiger partial charge on any atom is 0.323 e. The number of hydrogen-bond donors (Lipinski definition) is 1. The van der Waals surface area contributed by atoms with Crippen LogP contribution in [0, 0.1) is 5.92 Å². The van der Waals surface area contributed by atoms with Gasteiger partial charge in [0.1, 0.15) is 11.6 Å². The van der Waals surface area contributed by atoms with Crippen LogP contribution in [0.15, 0.2) is 0 Å². The van der Waals surface area contributed by atoms with E-state index >= 15 is 0 Å². The van der Waals surface area contributed by atoms with Gasteiger partial charge in [0.2, 0.25) is 0 Å². The molecule has 2 aliphatic rings. The summed E-state index contributed by atoms with van der Waals surface area (Å²) in [5, 5.41) is 3.48. The lowest BCUT2D eigenvalue weighted by Gasteiger charge is -2.22. The van der Waals surface area contributed by atoms with Crippen molar-refractivity contribution in [3.8, 4) is 0 Å². The molecule has 0 spiro atoms. The molecular formula is C14H26ClNO2. The number of ether oxygens (including phenoxy) is 1. The largest absolute Gasteiger partial charge is 0.459 e. The van der Waals surface area contributed by atoms with Crippen LogP contribution in [0.25, 0.3) is 0 Å². The summed E-state index contributed by atoms with van der Waals surface area (Å²) in [4.78, 5) is 12.0. The minimum atomic E-state index is -0.372. The van der Waals surface area contributed by atoms with Crippen molar-refractivity contribution in [1.29, 1.82) is 0 Å². The quantitative estimate of drug-likeness (QED) is 0.748. The number of carbonyl (C=O) groups excluding carboxylic acids is 1. The third-order valence-electron chi connectivity index (χ3n) is 3.80. The van der Waals surface area contributed by atoms with Gasteiger partial charge < -0.3 is 10.1 Å². The van der Waals surface area contributed by atoms with Crippen LogP contribution in [-0.4, -0.2) is 23.7 Å². The summed E-state index contributed by atoms with van der Waals surface area (Å²) in [6.07, 6.45) is 7.45. The summed E-state index contributed by atoms with van der Waals surface area (Å²) in [7, 11) is 0. The van der Waals surface area contributed by atoms with E-state index in [9.17, 15) is 4.79 Å². The number of fused-ring (bicyclic) bond motifs is 1. The third-order valence-corrected chi connectivity index (χ3v) is 3.80. The van der Waals surface area contributed by atoms with Gasteiger partial charge in [-0.2, -0.15) is 0 Å². The molecule has 1 heterocycles. The molecule has 3 nitrogen and oxygen atoms in total. The lowest BCUT2D eigenvalue weighted by molar-refractivity contribution is -0.157. The van der Waals surface area contributed by atoms with Gasteiger partial charge in [-0.1, -0.05) is 19.3 Å². The Morgan fingerprint density at radius 1 is 1.17 bits per heavy atom. The molecule has 3 atom stereocenters. The summed E-state index contributed by atoms with van der Waals surface area (Å²) in [5.74, 6) is 0.626. The predicted octanol–water partition coefficient (Wildman–Crippen LogP) is 3.06. The molecule has 0 aromatic rings. The van der Waals surface area contributed by atoms with Crippen LogP contribution in [0.4, 0.5) is 0 Å². The van der Waals surface area contributed by atoms with Crippen molar-refractivity contribution in [2.24, 2.45) is 5.92 Å². The van der Waals surface area contributed by atoms with Crippen LogP contribution in [0.2, 0.25) is 0 Å². The number of halogens is 1. The topological polar surface area (TPSA) is 38.3 Å². The normalized spacial score (nSPS) is 32.1. The second-order valence-electron chi connectivity index (χ2n) is 6.49. The second-order valence-corrected chi connectivity index (χ2v) is 6.49. The molecule has 1 aliphatic carbocycles. The van der Waals surface area contributed by atoms with Gasteiger partial charge in [-0.3, -0.25) is 4.79 Å². The zero-order valence-electron chi connectivity index (χ0n) is 11.7. The van der Waals surface area contributed by atoms with E-state index in [1.807, 2.05) is 20.8 Å². The predicted molar refractivity (Wildman–Crippen MR) is 75.0 cm³/mol. The molecule has 1 saturated heterocycles. The Hall–Kier alpha value is -0.280. The fourth-order valence-corrected chi connectivity index (χ4v) is 3.05. The van der Waals surface area contributed by atoms with E-state index in [0.717, 1.165) is 6.42 Å². The van der Waals surface area contributed by atoms with Gasteiger partial charge in [0.25, 0.3) is 0 Å². The van der Waals surface area contributed by atoms with Crippen molar-refractivity contribution in [3.05, 3.63) is 0 Å². The molecule has 0 bridgehead atoms. The molecule has 1 aliphatic heterocycles. The Labute approximate surface area is 116 Å². The highest BCUT2D eigenvalue weighted by Gasteiger charge is 2.39. The smallest absolute Gasteiger partial charge is 0.323 e. The minimum Gasteiger partial charge on any atom is -0.459 e. The number of hydrogen-bond acceptors (Lipinski definition) is 3. The van der Waals surface area contributed by atoms with E-state index in [1.54, 1.807) is 0 Å². The van der Waals surface area contributed by atoms with Gasteiger partial charge in [0.15, 0.2) is 0 Å². The molecule has 1 N–H and O–H groups in total. The van der Waals surface area contributed by atoms with Crippen LogP contribution in [0.3, 0.4) is 0 Å². The third kappa shape index (κ3) is 4.13. The Morgan fingerprint density at radius 3 is 2.50 bits per heavy atom. The Kier molecular flexibility index (Phi) is 5.47. The Balaban J connectivity index is 0.00000162. The first kappa shape index (κ1) is 15.8. The van der Waals surface area contributed by atoms with Crippen LogP contribution in [0.5, 0.6) is 0 Å². The standard InChI is InChI=1S/C14H25NO2.ClH/c1-14(2,3)17-13(16)12-9-10-7-5-4-6-8-11(10)15-12;/h10-12,15H,4-9H2,1-3H3;1H/t10-,11+,12+;/m0./s1. The SMILES string of the molecule is CC(C)(C)OC(=O)[C@H]1C[C@@H]2CCCCC[C@H]2N1.Cl. The fourth-order valence-electron chi connectivity index (χ4n) is 3.05. The maximum atomic E-state index is 12.0. The molecule has 0 aromatic carbocycles. The van der Waals surface area contributed by atoms with Gasteiger partial charge in [-0.15, -0.1) is 12.4 Å². The average Bonchev–Trinajstić information content (AvgIpc) is 2.48. The highest BCUT2D eigenvalue weighted by Crippen LogP contribution is 2.32. The van der Waals surface area contributed by atoms with Crippen molar-refractivity contribution in [3.63, 3.8) is 0 Å². The second kappa shape index (κ2) is 6.25. The van der Waals surface area contributed by atoms with E-state index in [1.165, 1.54) is 32.1 Å². The summed E-state index contributed by atoms with van der Waals surface area (Å²) >= 11 is 0. The van der Waals surface area contributed by atoms with Crippen molar-refractivity contribution in [2.45, 2.75) is 77.0 Å². The molecule has 0 amide bonds. The van der Waals surface area contributed by atoms with Crippen LogP contribution < -0.4 is 5.32 Å². The van der Waals surface area contributed by atoms with Crippen LogP contribution in [-0.2, 0) is 9.53 Å². The first-order valence-electron chi connectivity index (χ1n) is 6.94. The van der Waals surface area contributed by atoms with E-state index in [-0.39, 0.29) is 30.0 Å². The highest BCUT2D eigenvalue weighted by atomic mass is 35.5. The molecule has 0 aromatic heterocycles. The van der Waals surface area contributed by atoms with Gasteiger partial charge in [0, 0.05) is 6.04 Å². The lowest BCUT2D eigenvalue weighted by Crippen LogP contribution is -2.40. The average molecular weight is 276 g/mol. The molecule has 1 saturated carbocycles. The Bertz CT molecular complexity index is 274. The monoisotopic (exact) mass is 275 g/mol.